The Morgan fingerprint density at radius 1 is 1.67 bits per heavy atom. The van der Waals surface area contributed by atoms with E-state index in [9.17, 15) is 4.79 Å². The van der Waals surface area contributed by atoms with Crippen LogP contribution in [0.25, 0.3) is 0 Å². The monoisotopic (exact) mass is 212 g/mol. The Labute approximate surface area is 90.8 Å². The first-order valence-electron chi connectivity index (χ1n) is 5.68. The van der Waals surface area contributed by atoms with Crippen molar-refractivity contribution in [3.05, 3.63) is 0 Å². The molecule has 1 aliphatic carbocycles. The van der Waals surface area contributed by atoms with E-state index in [1.54, 1.807) is 7.11 Å². The van der Waals surface area contributed by atoms with Crippen LogP contribution in [0.15, 0.2) is 0 Å². The number of ether oxygens (including phenoxy) is 1. The molecule has 0 radical (unpaired) electrons. The zero-order chi connectivity index (χ0) is 10.9. The fourth-order valence-electron chi connectivity index (χ4n) is 3.26. The maximum absolute atomic E-state index is 11.6. The van der Waals surface area contributed by atoms with Crippen molar-refractivity contribution in [3.8, 4) is 0 Å². The van der Waals surface area contributed by atoms with Crippen LogP contribution in [0.1, 0.15) is 19.3 Å². The maximum atomic E-state index is 11.6. The molecule has 0 bridgehead atoms. The molecule has 0 aromatic heterocycles. The highest BCUT2D eigenvalue weighted by molar-refractivity contribution is 5.78. The Hall–Kier alpha value is -0.610. The van der Waals surface area contributed by atoms with E-state index in [0.29, 0.717) is 5.92 Å². The number of hydrogen-bond acceptors (Lipinski definition) is 3. The van der Waals surface area contributed by atoms with Gasteiger partial charge in [-0.3, -0.25) is 4.79 Å². The van der Waals surface area contributed by atoms with Crippen LogP contribution >= 0.6 is 0 Å². The molecule has 4 heteroatoms. The molecule has 1 aliphatic heterocycles. The van der Waals surface area contributed by atoms with Gasteiger partial charge < -0.3 is 15.4 Å². The predicted octanol–water partition coefficient (Wildman–Crippen LogP) is 0.220. The van der Waals surface area contributed by atoms with Crippen molar-refractivity contribution in [1.29, 1.82) is 0 Å². The van der Waals surface area contributed by atoms with Gasteiger partial charge in [0.15, 0.2) is 0 Å². The van der Waals surface area contributed by atoms with E-state index in [1.807, 2.05) is 4.90 Å². The fourth-order valence-corrected chi connectivity index (χ4v) is 3.26. The van der Waals surface area contributed by atoms with Gasteiger partial charge in [-0.1, -0.05) is 6.42 Å². The Morgan fingerprint density at radius 2 is 2.47 bits per heavy atom. The highest BCUT2D eigenvalue weighted by Crippen LogP contribution is 2.48. The lowest BCUT2D eigenvalue weighted by Gasteiger charge is -2.27. The van der Waals surface area contributed by atoms with Gasteiger partial charge in [0, 0.05) is 25.6 Å². The van der Waals surface area contributed by atoms with Crippen LogP contribution < -0.4 is 5.73 Å². The normalized spacial score (nSPS) is 34.5. The Bertz CT molecular complexity index is 257. The molecular formula is C11H20N2O2. The number of fused-ring (bicyclic) bond motifs is 1. The summed E-state index contributed by atoms with van der Waals surface area (Å²) in [7, 11) is 1.75. The fraction of sp³-hybridized carbons (Fsp3) is 0.909. The molecular weight excluding hydrogens is 192 g/mol. The number of nitrogens with zero attached hydrogens (tertiary/aromatic N) is 1. The summed E-state index contributed by atoms with van der Waals surface area (Å²) in [5, 5.41) is 0. The largest absolute Gasteiger partial charge is 0.384 e. The summed E-state index contributed by atoms with van der Waals surface area (Å²) in [6.07, 6.45) is 3.70. The molecule has 0 spiro atoms. The number of hydrogen-bond donors (Lipinski definition) is 1. The van der Waals surface area contributed by atoms with E-state index in [4.69, 9.17) is 10.5 Å². The standard InChI is InChI=1S/C11H20N2O2/c1-15-8-11-4-2-3-9(11)6-13(7-11)10(14)5-12/h9H,2-8,12H2,1H3/t9-,11-/m0/s1. The number of rotatable bonds is 3. The summed E-state index contributed by atoms with van der Waals surface area (Å²) in [6, 6.07) is 0. The van der Waals surface area contributed by atoms with E-state index in [2.05, 4.69) is 0 Å². The molecule has 2 atom stereocenters. The Kier molecular flexibility index (Phi) is 2.98. The van der Waals surface area contributed by atoms with Gasteiger partial charge >= 0.3 is 0 Å². The number of methoxy groups -OCH3 is 1. The molecule has 0 unspecified atom stereocenters. The van der Waals surface area contributed by atoms with E-state index in [-0.39, 0.29) is 17.9 Å². The van der Waals surface area contributed by atoms with Crippen LogP contribution in [0.5, 0.6) is 0 Å². The molecule has 1 amide bonds. The second kappa shape index (κ2) is 4.10. The minimum absolute atomic E-state index is 0.0832. The maximum Gasteiger partial charge on any atom is 0.236 e. The Morgan fingerprint density at radius 3 is 3.13 bits per heavy atom. The van der Waals surface area contributed by atoms with Crippen LogP contribution in [-0.2, 0) is 9.53 Å². The number of likely N-dealkylation sites (tertiary alicyclic amines) is 1. The van der Waals surface area contributed by atoms with Gasteiger partial charge in [0.2, 0.25) is 5.91 Å². The van der Waals surface area contributed by atoms with Crippen molar-refractivity contribution in [2.75, 3.05) is 33.4 Å². The van der Waals surface area contributed by atoms with Crippen LogP contribution in [-0.4, -0.2) is 44.2 Å². The Balaban J connectivity index is 2.07. The molecule has 1 saturated heterocycles. The molecule has 2 aliphatic rings. The summed E-state index contributed by atoms with van der Waals surface area (Å²) in [5.74, 6) is 0.716. The molecule has 2 N–H and O–H groups in total. The van der Waals surface area contributed by atoms with Crippen molar-refractivity contribution in [2.24, 2.45) is 17.1 Å². The number of amides is 1. The third kappa shape index (κ3) is 1.76. The van der Waals surface area contributed by atoms with Crippen molar-refractivity contribution in [1.82, 2.24) is 4.90 Å². The van der Waals surface area contributed by atoms with Crippen LogP contribution in [0, 0.1) is 11.3 Å². The van der Waals surface area contributed by atoms with Crippen molar-refractivity contribution >= 4 is 5.91 Å². The zero-order valence-electron chi connectivity index (χ0n) is 9.37. The quantitative estimate of drug-likeness (QED) is 0.728. The van der Waals surface area contributed by atoms with Crippen molar-refractivity contribution in [2.45, 2.75) is 19.3 Å². The molecule has 2 rings (SSSR count). The van der Waals surface area contributed by atoms with Gasteiger partial charge in [-0.05, 0) is 18.8 Å². The molecule has 1 saturated carbocycles. The first-order chi connectivity index (χ1) is 7.22. The van der Waals surface area contributed by atoms with Gasteiger partial charge in [0.05, 0.1) is 13.2 Å². The number of nitrogens with two attached hydrogens (primary N) is 1. The molecule has 0 aromatic rings. The summed E-state index contributed by atoms with van der Waals surface area (Å²) >= 11 is 0. The third-order valence-electron chi connectivity index (χ3n) is 4.00. The summed E-state index contributed by atoms with van der Waals surface area (Å²) in [5.41, 5.74) is 5.63. The number of carbonyl (C=O) groups excluding carboxylic acids is 1. The van der Waals surface area contributed by atoms with Crippen LogP contribution in [0.3, 0.4) is 0 Å². The van der Waals surface area contributed by atoms with E-state index in [0.717, 1.165) is 19.7 Å². The van der Waals surface area contributed by atoms with Gasteiger partial charge in [0.1, 0.15) is 0 Å². The van der Waals surface area contributed by atoms with Crippen molar-refractivity contribution < 1.29 is 9.53 Å². The first kappa shape index (κ1) is 10.9. The summed E-state index contributed by atoms with van der Waals surface area (Å²) in [6.45, 7) is 2.66. The van der Waals surface area contributed by atoms with Gasteiger partial charge in [-0.15, -0.1) is 0 Å². The second-order valence-corrected chi connectivity index (χ2v) is 4.86. The number of carbonyl (C=O) groups is 1. The lowest BCUT2D eigenvalue weighted by molar-refractivity contribution is -0.129. The molecule has 86 valence electrons. The van der Waals surface area contributed by atoms with E-state index < -0.39 is 0 Å². The highest BCUT2D eigenvalue weighted by atomic mass is 16.5. The van der Waals surface area contributed by atoms with Crippen molar-refractivity contribution in [3.63, 3.8) is 0 Å². The van der Waals surface area contributed by atoms with Crippen LogP contribution in [0.2, 0.25) is 0 Å². The lowest BCUT2D eigenvalue weighted by atomic mass is 9.82. The third-order valence-corrected chi connectivity index (χ3v) is 4.00. The second-order valence-electron chi connectivity index (χ2n) is 4.86. The summed E-state index contributed by atoms with van der Waals surface area (Å²) < 4.78 is 5.32. The van der Waals surface area contributed by atoms with E-state index >= 15 is 0 Å². The average molecular weight is 212 g/mol. The topological polar surface area (TPSA) is 55.6 Å². The first-order valence-corrected chi connectivity index (χ1v) is 5.68. The van der Waals surface area contributed by atoms with Gasteiger partial charge in [-0.2, -0.15) is 0 Å². The predicted molar refractivity (Wildman–Crippen MR) is 57.3 cm³/mol. The van der Waals surface area contributed by atoms with Crippen LogP contribution in [0.4, 0.5) is 0 Å². The zero-order valence-corrected chi connectivity index (χ0v) is 9.37. The summed E-state index contributed by atoms with van der Waals surface area (Å²) in [4.78, 5) is 13.5. The highest BCUT2D eigenvalue weighted by Gasteiger charge is 2.50. The minimum atomic E-state index is 0.0832. The smallest absolute Gasteiger partial charge is 0.236 e. The van der Waals surface area contributed by atoms with Gasteiger partial charge in [-0.25, -0.2) is 0 Å². The average Bonchev–Trinajstić information content (AvgIpc) is 2.73. The molecule has 0 aromatic carbocycles. The lowest BCUT2D eigenvalue weighted by Crippen LogP contribution is -2.37. The SMILES string of the molecule is COC[C@@]12CCC[C@H]1CN(C(=O)CN)C2. The molecule has 15 heavy (non-hydrogen) atoms. The molecule has 4 nitrogen and oxygen atoms in total. The van der Waals surface area contributed by atoms with Gasteiger partial charge in [0.25, 0.3) is 0 Å². The minimum Gasteiger partial charge on any atom is -0.384 e. The molecule has 1 heterocycles. The molecule has 2 fully saturated rings. The van der Waals surface area contributed by atoms with E-state index in [1.165, 1.54) is 19.3 Å².